The van der Waals surface area contributed by atoms with Gasteiger partial charge >= 0.3 is 0 Å². The van der Waals surface area contributed by atoms with E-state index < -0.39 is 0 Å². The van der Waals surface area contributed by atoms with Crippen molar-refractivity contribution in [2.75, 3.05) is 32.7 Å². The average molecular weight is 356 g/mol. The Kier molecular flexibility index (Phi) is 6.09. The standard InChI is InChI=1S/C13H18BrN5O2/c1-20-8-9-21-7-3-6-19-13(16-17-18-19)10-4-2-5-11(15)12(10)14/h2,4-5H,3,6-9,15H2,1H3. The van der Waals surface area contributed by atoms with Crippen molar-refractivity contribution in [1.29, 1.82) is 0 Å². The van der Waals surface area contributed by atoms with Gasteiger partial charge in [0, 0.05) is 31.5 Å². The Labute approximate surface area is 131 Å². The lowest BCUT2D eigenvalue weighted by Gasteiger charge is -2.08. The van der Waals surface area contributed by atoms with Crippen LogP contribution in [0.5, 0.6) is 0 Å². The summed E-state index contributed by atoms with van der Waals surface area (Å²) in [5, 5.41) is 11.8. The molecule has 0 fully saturated rings. The average Bonchev–Trinajstić information content (AvgIpc) is 2.94. The van der Waals surface area contributed by atoms with Gasteiger partial charge in [0.25, 0.3) is 0 Å². The predicted molar refractivity (Wildman–Crippen MR) is 82.7 cm³/mol. The maximum absolute atomic E-state index is 5.89. The third-order valence-corrected chi connectivity index (χ3v) is 3.78. The van der Waals surface area contributed by atoms with Crippen LogP contribution in [0.4, 0.5) is 5.69 Å². The Bertz CT molecular complexity index is 575. The van der Waals surface area contributed by atoms with Gasteiger partial charge in [0.2, 0.25) is 0 Å². The molecule has 1 heterocycles. The van der Waals surface area contributed by atoms with E-state index in [4.69, 9.17) is 15.2 Å². The smallest absolute Gasteiger partial charge is 0.183 e. The van der Waals surface area contributed by atoms with Gasteiger partial charge in [0.05, 0.1) is 17.7 Å². The highest BCUT2D eigenvalue weighted by molar-refractivity contribution is 9.10. The molecular formula is C13H18BrN5O2. The number of methoxy groups -OCH3 is 1. The highest BCUT2D eigenvalue weighted by atomic mass is 79.9. The molecule has 2 N–H and O–H groups in total. The quantitative estimate of drug-likeness (QED) is 0.573. The Balaban J connectivity index is 1.97. The number of aromatic nitrogens is 4. The number of nitrogens with two attached hydrogens (primary N) is 1. The fourth-order valence-corrected chi connectivity index (χ4v) is 2.27. The third kappa shape index (κ3) is 4.23. The summed E-state index contributed by atoms with van der Waals surface area (Å²) in [6, 6.07) is 5.63. The Morgan fingerprint density at radius 2 is 2.14 bits per heavy atom. The molecule has 0 amide bonds. The van der Waals surface area contributed by atoms with Gasteiger partial charge in [-0.15, -0.1) is 5.10 Å². The number of aryl methyl sites for hydroxylation is 1. The first-order valence-electron chi connectivity index (χ1n) is 6.61. The number of rotatable bonds is 8. The molecule has 0 spiro atoms. The van der Waals surface area contributed by atoms with Crippen molar-refractivity contribution in [3.8, 4) is 11.4 Å². The lowest BCUT2D eigenvalue weighted by atomic mass is 10.2. The number of anilines is 1. The molecule has 0 unspecified atom stereocenters. The van der Waals surface area contributed by atoms with Crippen LogP contribution in [0.15, 0.2) is 22.7 Å². The van der Waals surface area contributed by atoms with E-state index in [1.807, 2.05) is 18.2 Å². The number of nitrogen functional groups attached to an aromatic ring is 1. The van der Waals surface area contributed by atoms with Crippen molar-refractivity contribution in [3.63, 3.8) is 0 Å². The first kappa shape index (κ1) is 15.9. The number of hydrogen-bond donors (Lipinski definition) is 1. The second-order valence-electron chi connectivity index (χ2n) is 4.39. The first-order valence-corrected chi connectivity index (χ1v) is 7.40. The molecule has 8 heteroatoms. The van der Waals surface area contributed by atoms with Gasteiger partial charge in [0.15, 0.2) is 5.82 Å². The fraction of sp³-hybridized carbons (Fsp3) is 0.462. The van der Waals surface area contributed by atoms with Crippen LogP contribution in [0.25, 0.3) is 11.4 Å². The summed E-state index contributed by atoms with van der Waals surface area (Å²) in [6.07, 6.45) is 0.821. The largest absolute Gasteiger partial charge is 0.398 e. The van der Waals surface area contributed by atoms with Crippen LogP contribution in [-0.4, -0.2) is 47.1 Å². The number of tetrazole rings is 1. The third-order valence-electron chi connectivity index (χ3n) is 2.89. The van der Waals surface area contributed by atoms with Gasteiger partial charge < -0.3 is 15.2 Å². The van der Waals surface area contributed by atoms with Gasteiger partial charge in [-0.1, -0.05) is 6.07 Å². The van der Waals surface area contributed by atoms with E-state index in [2.05, 4.69) is 31.5 Å². The maximum atomic E-state index is 5.89. The van der Waals surface area contributed by atoms with Crippen molar-refractivity contribution in [3.05, 3.63) is 22.7 Å². The van der Waals surface area contributed by atoms with E-state index in [0.29, 0.717) is 37.9 Å². The van der Waals surface area contributed by atoms with Crippen LogP contribution in [0.3, 0.4) is 0 Å². The predicted octanol–water partition coefficient (Wildman–Crippen LogP) is 1.74. The summed E-state index contributed by atoms with van der Waals surface area (Å²) >= 11 is 3.47. The minimum atomic E-state index is 0.597. The lowest BCUT2D eigenvalue weighted by molar-refractivity contribution is 0.0677. The van der Waals surface area contributed by atoms with Crippen molar-refractivity contribution < 1.29 is 9.47 Å². The zero-order valence-electron chi connectivity index (χ0n) is 11.8. The van der Waals surface area contributed by atoms with Crippen LogP contribution in [0, 0.1) is 0 Å². The number of halogens is 1. The molecule has 0 bridgehead atoms. The summed E-state index contributed by atoms with van der Waals surface area (Å²) in [6.45, 7) is 2.52. The van der Waals surface area contributed by atoms with E-state index in [-0.39, 0.29) is 0 Å². The zero-order chi connectivity index (χ0) is 15.1. The molecule has 0 aliphatic heterocycles. The van der Waals surface area contributed by atoms with Crippen molar-refractivity contribution >= 4 is 21.6 Å². The Morgan fingerprint density at radius 1 is 1.29 bits per heavy atom. The van der Waals surface area contributed by atoms with E-state index in [9.17, 15) is 0 Å². The van der Waals surface area contributed by atoms with E-state index in [1.165, 1.54) is 0 Å². The normalized spacial score (nSPS) is 11.0. The van der Waals surface area contributed by atoms with Crippen molar-refractivity contribution in [1.82, 2.24) is 20.2 Å². The SMILES string of the molecule is COCCOCCCn1nnnc1-c1cccc(N)c1Br. The lowest BCUT2D eigenvalue weighted by Crippen LogP contribution is -2.08. The van der Waals surface area contributed by atoms with E-state index in [0.717, 1.165) is 16.5 Å². The topological polar surface area (TPSA) is 88.1 Å². The van der Waals surface area contributed by atoms with Gasteiger partial charge in [-0.25, -0.2) is 4.68 Å². The van der Waals surface area contributed by atoms with Crippen LogP contribution in [-0.2, 0) is 16.0 Å². The number of nitrogens with zero attached hydrogens (tertiary/aromatic N) is 4. The number of hydrogen-bond acceptors (Lipinski definition) is 6. The summed E-state index contributed by atoms with van der Waals surface area (Å²) in [4.78, 5) is 0. The Hall–Kier alpha value is -1.51. The Morgan fingerprint density at radius 3 is 2.95 bits per heavy atom. The summed E-state index contributed by atoms with van der Waals surface area (Å²) in [7, 11) is 1.65. The minimum Gasteiger partial charge on any atom is -0.398 e. The molecule has 0 atom stereocenters. The minimum absolute atomic E-state index is 0.597. The van der Waals surface area contributed by atoms with Gasteiger partial charge in [0.1, 0.15) is 0 Å². The molecule has 0 saturated carbocycles. The maximum Gasteiger partial charge on any atom is 0.183 e. The number of ether oxygens (including phenoxy) is 2. The van der Waals surface area contributed by atoms with E-state index in [1.54, 1.807) is 11.8 Å². The first-order chi connectivity index (χ1) is 10.2. The fourth-order valence-electron chi connectivity index (χ4n) is 1.83. The second-order valence-corrected chi connectivity index (χ2v) is 5.19. The van der Waals surface area contributed by atoms with Crippen molar-refractivity contribution in [2.24, 2.45) is 0 Å². The molecule has 0 aliphatic carbocycles. The molecule has 7 nitrogen and oxygen atoms in total. The van der Waals surface area contributed by atoms with Crippen LogP contribution < -0.4 is 5.73 Å². The summed E-state index contributed by atoms with van der Waals surface area (Å²) < 4.78 is 12.9. The molecule has 114 valence electrons. The van der Waals surface area contributed by atoms with E-state index >= 15 is 0 Å². The molecule has 1 aromatic heterocycles. The summed E-state index contributed by atoms with van der Waals surface area (Å²) in [5.41, 5.74) is 7.42. The monoisotopic (exact) mass is 355 g/mol. The molecular weight excluding hydrogens is 338 g/mol. The van der Waals surface area contributed by atoms with Gasteiger partial charge in [-0.2, -0.15) is 0 Å². The highest BCUT2D eigenvalue weighted by Crippen LogP contribution is 2.30. The van der Waals surface area contributed by atoms with Crippen LogP contribution >= 0.6 is 15.9 Å². The van der Waals surface area contributed by atoms with Crippen LogP contribution in [0.1, 0.15) is 6.42 Å². The molecule has 0 saturated heterocycles. The van der Waals surface area contributed by atoms with Gasteiger partial charge in [-0.05, 0) is 44.9 Å². The highest BCUT2D eigenvalue weighted by Gasteiger charge is 2.13. The molecule has 0 aliphatic rings. The molecule has 21 heavy (non-hydrogen) atoms. The molecule has 1 aromatic carbocycles. The second kappa shape index (κ2) is 8.06. The number of benzene rings is 1. The molecule has 2 aromatic rings. The molecule has 2 rings (SSSR count). The van der Waals surface area contributed by atoms with Crippen molar-refractivity contribution in [2.45, 2.75) is 13.0 Å². The summed E-state index contributed by atoms with van der Waals surface area (Å²) in [5.74, 6) is 0.686. The van der Waals surface area contributed by atoms with Gasteiger partial charge in [-0.3, -0.25) is 0 Å². The molecule has 0 radical (unpaired) electrons. The zero-order valence-corrected chi connectivity index (χ0v) is 13.4. The van der Waals surface area contributed by atoms with Crippen LogP contribution in [0.2, 0.25) is 0 Å².